The molecule has 0 saturated carbocycles. The molecule has 0 atom stereocenters. The molecule has 0 amide bonds. The smallest absolute Gasteiger partial charge is 0.166 e. The van der Waals surface area contributed by atoms with Crippen LogP contribution >= 0.6 is 11.6 Å². The van der Waals surface area contributed by atoms with Crippen LogP contribution in [0, 0.1) is 17.6 Å². The lowest BCUT2D eigenvalue weighted by molar-refractivity contribution is 0.507. The SMILES string of the molecule is CC(C)/C(=C/c1cccc(F)c1F)CCl. The van der Waals surface area contributed by atoms with E-state index in [9.17, 15) is 8.78 Å². The summed E-state index contributed by atoms with van der Waals surface area (Å²) in [6.45, 7) is 3.93. The van der Waals surface area contributed by atoms with Gasteiger partial charge in [0.2, 0.25) is 0 Å². The predicted octanol–water partition coefficient (Wildman–Crippen LogP) is 4.24. The number of benzene rings is 1. The third-order valence-corrected chi connectivity index (χ3v) is 2.53. The molecule has 0 heterocycles. The highest BCUT2D eigenvalue weighted by molar-refractivity contribution is 6.19. The van der Waals surface area contributed by atoms with Crippen molar-refractivity contribution in [1.82, 2.24) is 0 Å². The first-order valence-corrected chi connectivity index (χ1v) is 5.30. The third kappa shape index (κ3) is 3.03. The molecule has 0 radical (unpaired) electrons. The Morgan fingerprint density at radius 1 is 1.40 bits per heavy atom. The standard InChI is InChI=1S/C12H13ClF2/c1-8(2)10(7-13)6-9-4-3-5-11(14)12(9)15/h3-6,8H,7H2,1-2H3/b10-6+. The first-order chi connectivity index (χ1) is 7.06. The molecule has 1 aromatic carbocycles. The van der Waals surface area contributed by atoms with E-state index in [2.05, 4.69) is 0 Å². The van der Waals surface area contributed by atoms with Crippen LogP contribution < -0.4 is 0 Å². The van der Waals surface area contributed by atoms with Crippen molar-refractivity contribution in [3.8, 4) is 0 Å². The number of hydrogen-bond acceptors (Lipinski definition) is 0. The summed E-state index contributed by atoms with van der Waals surface area (Å²) in [4.78, 5) is 0. The van der Waals surface area contributed by atoms with E-state index >= 15 is 0 Å². The lowest BCUT2D eigenvalue weighted by atomic mass is 10.0. The van der Waals surface area contributed by atoms with Gasteiger partial charge in [-0.2, -0.15) is 0 Å². The van der Waals surface area contributed by atoms with Gasteiger partial charge in [0.05, 0.1) is 0 Å². The van der Waals surface area contributed by atoms with Crippen molar-refractivity contribution in [3.05, 3.63) is 41.0 Å². The zero-order valence-electron chi connectivity index (χ0n) is 8.73. The molecule has 0 aromatic heterocycles. The second-order valence-electron chi connectivity index (χ2n) is 3.65. The fraction of sp³-hybridized carbons (Fsp3) is 0.333. The Balaban J connectivity index is 3.11. The number of halogens is 3. The van der Waals surface area contributed by atoms with E-state index < -0.39 is 11.6 Å². The molecule has 0 spiro atoms. The van der Waals surface area contributed by atoms with Crippen LogP contribution in [0.4, 0.5) is 8.78 Å². The van der Waals surface area contributed by atoms with E-state index in [1.54, 1.807) is 6.08 Å². The number of alkyl halides is 1. The molecular formula is C12H13ClF2. The zero-order chi connectivity index (χ0) is 11.4. The Labute approximate surface area is 93.6 Å². The van der Waals surface area contributed by atoms with Gasteiger partial charge in [-0.1, -0.05) is 37.6 Å². The van der Waals surface area contributed by atoms with E-state index in [1.165, 1.54) is 12.1 Å². The Kier molecular flexibility index (Phi) is 4.28. The molecule has 0 unspecified atom stereocenters. The summed E-state index contributed by atoms with van der Waals surface area (Å²) in [5.74, 6) is -1.10. The van der Waals surface area contributed by atoms with Crippen LogP contribution in [0.25, 0.3) is 6.08 Å². The summed E-state index contributed by atoms with van der Waals surface area (Å²) < 4.78 is 26.2. The van der Waals surface area contributed by atoms with Gasteiger partial charge in [0.1, 0.15) is 0 Å². The van der Waals surface area contributed by atoms with Crippen molar-refractivity contribution in [2.24, 2.45) is 5.92 Å². The number of hydrogen-bond donors (Lipinski definition) is 0. The van der Waals surface area contributed by atoms with Gasteiger partial charge in [-0.15, -0.1) is 11.6 Å². The third-order valence-electron chi connectivity index (χ3n) is 2.22. The maximum atomic E-state index is 13.3. The monoisotopic (exact) mass is 230 g/mol. The van der Waals surface area contributed by atoms with Crippen LogP contribution in [-0.4, -0.2) is 5.88 Å². The van der Waals surface area contributed by atoms with Gasteiger partial charge in [0, 0.05) is 11.4 Å². The molecule has 1 aromatic rings. The minimum atomic E-state index is -0.832. The Morgan fingerprint density at radius 3 is 2.60 bits per heavy atom. The molecule has 0 bridgehead atoms. The summed E-state index contributed by atoms with van der Waals surface area (Å²) in [5, 5.41) is 0. The number of rotatable bonds is 3. The van der Waals surface area contributed by atoms with Gasteiger partial charge >= 0.3 is 0 Å². The second kappa shape index (κ2) is 5.26. The zero-order valence-corrected chi connectivity index (χ0v) is 9.48. The molecule has 1 rings (SSSR count). The molecule has 0 aliphatic rings. The highest BCUT2D eigenvalue weighted by Gasteiger charge is 2.08. The van der Waals surface area contributed by atoms with Gasteiger partial charge < -0.3 is 0 Å². The van der Waals surface area contributed by atoms with E-state index in [4.69, 9.17) is 11.6 Å². The highest BCUT2D eigenvalue weighted by Crippen LogP contribution is 2.19. The molecule has 0 aliphatic carbocycles. The van der Waals surface area contributed by atoms with E-state index in [1.807, 2.05) is 13.8 Å². The quantitative estimate of drug-likeness (QED) is 0.682. The van der Waals surface area contributed by atoms with Crippen LogP contribution in [0.15, 0.2) is 23.8 Å². The summed E-state index contributed by atoms with van der Waals surface area (Å²) in [5.41, 5.74) is 1.14. The molecule has 0 N–H and O–H groups in total. The minimum Gasteiger partial charge on any atom is -0.204 e. The summed E-state index contributed by atoms with van der Waals surface area (Å²) in [6, 6.07) is 4.12. The lowest BCUT2D eigenvalue weighted by Crippen LogP contribution is -1.97. The fourth-order valence-electron chi connectivity index (χ4n) is 1.19. The average molecular weight is 231 g/mol. The van der Waals surface area contributed by atoms with Crippen LogP contribution in [0.3, 0.4) is 0 Å². The predicted molar refractivity (Wildman–Crippen MR) is 59.9 cm³/mol. The van der Waals surface area contributed by atoms with E-state index in [-0.39, 0.29) is 11.5 Å². The summed E-state index contributed by atoms with van der Waals surface area (Å²) >= 11 is 5.72. The van der Waals surface area contributed by atoms with Crippen molar-refractivity contribution < 1.29 is 8.78 Å². The molecule has 82 valence electrons. The van der Waals surface area contributed by atoms with Gasteiger partial charge in [-0.05, 0) is 12.0 Å². The van der Waals surface area contributed by atoms with Crippen molar-refractivity contribution in [3.63, 3.8) is 0 Å². The van der Waals surface area contributed by atoms with E-state index in [0.29, 0.717) is 5.88 Å². The second-order valence-corrected chi connectivity index (χ2v) is 3.92. The Hall–Kier alpha value is -0.890. The molecule has 0 nitrogen and oxygen atoms in total. The largest absolute Gasteiger partial charge is 0.204 e. The van der Waals surface area contributed by atoms with Gasteiger partial charge in [-0.25, -0.2) is 8.78 Å². The van der Waals surface area contributed by atoms with Crippen LogP contribution in [0.2, 0.25) is 0 Å². The normalized spacial score (nSPS) is 12.3. The minimum absolute atomic E-state index is 0.227. The van der Waals surface area contributed by atoms with Crippen LogP contribution in [-0.2, 0) is 0 Å². The maximum Gasteiger partial charge on any atom is 0.166 e. The van der Waals surface area contributed by atoms with Gasteiger partial charge in [-0.3, -0.25) is 0 Å². The van der Waals surface area contributed by atoms with Crippen LogP contribution in [0.5, 0.6) is 0 Å². The fourth-order valence-corrected chi connectivity index (χ4v) is 1.58. The van der Waals surface area contributed by atoms with Gasteiger partial charge in [0.15, 0.2) is 11.6 Å². The first kappa shape index (κ1) is 12.2. The summed E-state index contributed by atoms with van der Waals surface area (Å²) in [6.07, 6.45) is 1.61. The van der Waals surface area contributed by atoms with Crippen LogP contribution in [0.1, 0.15) is 19.4 Å². The maximum absolute atomic E-state index is 13.3. The molecule has 0 saturated heterocycles. The summed E-state index contributed by atoms with van der Waals surface area (Å²) in [7, 11) is 0. The first-order valence-electron chi connectivity index (χ1n) is 4.76. The topological polar surface area (TPSA) is 0 Å². The van der Waals surface area contributed by atoms with Crippen molar-refractivity contribution in [2.45, 2.75) is 13.8 Å². The molecule has 0 fully saturated rings. The van der Waals surface area contributed by atoms with E-state index in [0.717, 1.165) is 11.6 Å². The van der Waals surface area contributed by atoms with Crippen molar-refractivity contribution in [2.75, 3.05) is 5.88 Å². The number of allylic oxidation sites excluding steroid dienone is 1. The van der Waals surface area contributed by atoms with Gasteiger partial charge in [0.25, 0.3) is 0 Å². The Bertz CT molecular complexity index is 370. The Morgan fingerprint density at radius 2 is 2.07 bits per heavy atom. The van der Waals surface area contributed by atoms with Crippen molar-refractivity contribution >= 4 is 17.7 Å². The molecule has 15 heavy (non-hydrogen) atoms. The molecule has 3 heteroatoms. The highest BCUT2D eigenvalue weighted by atomic mass is 35.5. The average Bonchev–Trinajstić information content (AvgIpc) is 2.19. The van der Waals surface area contributed by atoms with Crippen molar-refractivity contribution in [1.29, 1.82) is 0 Å². The molecule has 0 aliphatic heterocycles. The molecular weight excluding hydrogens is 218 g/mol. The lowest BCUT2D eigenvalue weighted by Gasteiger charge is -2.08.